The van der Waals surface area contributed by atoms with Gasteiger partial charge in [-0.3, -0.25) is 4.79 Å². The van der Waals surface area contributed by atoms with Crippen LogP contribution in [0.15, 0.2) is 30.3 Å². The normalized spacial score (nSPS) is 14.1. The maximum atomic E-state index is 11.7. The number of thioether (sulfide) groups is 1. The van der Waals surface area contributed by atoms with Crippen LogP contribution < -0.4 is 0 Å². The molecule has 2 atom stereocenters. The van der Waals surface area contributed by atoms with Crippen molar-refractivity contribution in [3.8, 4) is 0 Å². The molecular weight excluding hydrogens is 230 g/mol. The van der Waals surface area contributed by atoms with Gasteiger partial charge in [0.2, 0.25) is 5.91 Å². The lowest BCUT2D eigenvalue weighted by atomic mass is 10.0. The molecule has 0 radical (unpaired) electrons. The Labute approximate surface area is 108 Å². The fourth-order valence-corrected chi connectivity index (χ4v) is 2.72. The van der Waals surface area contributed by atoms with Gasteiger partial charge >= 0.3 is 0 Å². The number of amides is 1. The van der Waals surface area contributed by atoms with Crippen LogP contribution in [0.5, 0.6) is 0 Å². The Hall–Kier alpha value is -0.960. The molecule has 1 aromatic carbocycles. The van der Waals surface area contributed by atoms with Crippen molar-refractivity contribution in [2.45, 2.75) is 25.0 Å². The zero-order valence-electron chi connectivity index (χ0n) is 11.0. The van der Waals surface area contributed by atoms with Crippen LogP contribution in [0.3, 0.4) is 0 Å². The Kier molecular flexibility index (Phi) is 5.56. The van der Waals surface area contributed by atoms with Gasteiger partial charge in [0.05, 0.1) is 5.25 Å². The molecule has 0 aromatic heterocycles. The second-order valence-electron chi connectivity index (χ2n) is 4.52. The van der Waals surface area contributed by atoms with Crippen LogP contribution in [0.4, 0.5) is 0 Å². The van der Waals surface area contributed by atoms with Gasteiger partial charge in [-0.2, -0.15) is 0 Å². The van der Waals surface area contributed by atoms with Crippen LogP contribution in [0.25, 0.3) is 0 Å². The van der Waals surface area contributed by atoms with Crippen molar-refractivity contribution in [3.05, 3.63) is 35.9 Å². The lowest BCUT2D eigenvalue weighted by molar-refractivity contribution is -0.127. The van der Waals surface area contributed by atoms with Gasteiger partial charge in [-0.05, 0) is 18.4 Å². The third-order valence-corrected chi connectivity index (χ3v) is 4.15. The Morgan fingerprint density at radius 2 is 1.82 bits per heavy atom. The summed E-state index contributed by atoms with van der Waals surface area (Å²) in [4.78, 5) is 13.4. The minimum Gasteiger partial charge on any atom is -0.348 e. The average Bonchev–Trinajstić information content (AvgIpc) is 2.35. The third-order valence-electron chi connectivity index (χ3n) is 2.75. The first-order valence-electron chi connectivity index (χ1n) is 5.90. The molecule has 0 N–H and O–H groups in total. The maximum absolute atomic E-state index is 11.7. The van der Waals surface area contributed by atoms with Gasteiger partial charge in [0.15, 0.2) is 0 Å². The molecule has 0 fully saturated rings. The van der Waals surface area contributed by atoms with E-state index >= 15 is 0 Å². The summed E-state index contributed by atoms with van der Waals surface area (Å²) in [5, 5.41) is 0.0381. The molecule has 0 bridgehead atoms. The quantitative estimate of drug-likeness (QED) is 0.802. The van der Waals surface area contributed by atoms with Crippen molar-refractivity contribution >= 4 is 17.7 Å². The summed E-state index contributed by atoms with van der Waals surface area (Å²) in [6.45, 7) is 4.18. The second-order valence-corrected chi connectivity index (χ2v) is 5.89. The minimum absolute atomic E-state index is 0.0381. The molecule has 94 valence electrons. The number of nitrogens with zero attached hydrogens (tertiary/aromatic N) is 1. The lowest BCUT2D eigenvalue weighted by Gasteiger charge is -2.18. The molecule has 1 amide bonds. The molecule has 1 rings (SSSR count). The lowest BCUT2D eigenvalue weighted by Crippen LogP contribution is -2.30. The number of carbonyl (C=O) groups excluding carboxylic acids is 1. The minimum atomic E-state index is 0.0381. The first-order chi connectivity index (χ1) is 8.02. The Morgan fingerprint density at radius 3 is 2.35 bits per heavy atom. The summed E-state index contributed by atoms with van der Waals surface area (Å²) in [7, 11) is 3.61. The van der Waals surface area contributed by atoms with Gasteiger partial charge < -0.3 is 4.90 Å². The smallest absolute Gasteiger partial charge is 0.234 e. The molecule has 0 saturated heterocycles. The molecule has 0 spiro atoms. The topological polar surface area (TPSA) is 20.3 Å². The van der Waals surface area contributed by atoms with Crippen LogP contribution in [-0.2, 0) is 4.79 Å². The van der Waals surface area contributed by atoms with E-state index in [-0.39, 0.29) is 11.2 Å². The maximum Gasteiger partial charge on any atom is 0.234 e. The Morgan fingerprint density at radius 1 is 1.24 bits per heavy atom. The third kappa shape index (κ3) is 4.43. The van der Waals surface area contributed by atoms with Gasteiger partial charge in [0.25, 0.3) is 0 Å². The highest BCUT2D eigenvalue weighted by Gasteiger charge is 2.16. The van der Waals surface area contributed by atoms with E-state index in [4.69, 9.17) is 0 Å². The summed E-state index contributed by atoms with van der Waals surface area (Å²) >= 11 is 1.72. The number of benzene rings is 1. The van der Waals surface area contributed by atoms with Crippen molar-refractivity contribution in [3.63, 3.8) is 0 Å². The van der Waals surface area contributed by atoms with Crippen molar-refractivity contribution in [2.24, 2.45) is 0 Å². The first kappa shape index (κ1) is 14.1. The van der Waals surface area contributed by atoms with Gasteiger partial charge in [-0.25, -0.2) is 0 Å². The highest BCUT2D eigenvalue weighted by atomic mass is 32.2. The van der Waals surface area contributed by atoms with E-state index in [0.29, 0.717) is 5.92 Å². The highest BCUT2D eigenvalue weighted by molar-refractivity contribution is 8.00. The van der Waals surface area contributed by atoms with Crippen LogP contribution in [0.1, 0.15) is 25.3 Å². The summed E-state index contributed by atoms with van der Waals surface area (Å²) in [6, 6.07) is 10.4. The van der Waals surface area contributed by atoms with E-state index in [2.05, 4.69) is 31.2 Å². The van der Waals surface area contributed by atoms with E-state index in [1.165, 1.54) is 5.56 Å². The molecule has 17 heavy (non-hydrogen) atoms. The Bertz CT molecular complexity index is 350. The summed E-state index contributed by atoms with van der Waals surface area (Å²) in [5.74, 6) is 1.65. The fraction of sp³-hybridized carbons (Fsp3) is 0.500. The fourth-order valence-electron chi connectivity index (χ4n) is 1.60. The van der Waals surface area contributed by atoms with Crippen LogP contribution >= 0.6 is 11.8 Å². The summed E-state index contributed by atoms with van der Waals surface area (Å²) in [6.07, 6.45) is 0. The van der Waals surface area contributed by atoms with Gasteiger partial charge in [-0.15, -0.1) is 11.8 Å². The van der Waals surface area contributed by atoms with E-state index in [9.17, 15) is 4.79 Å². The molecular formula is C14H21NOS. The standard InChI is InChI=1S/C14H21NOS/c1-11(13-8-6-5-7-9-13)10-17-12(2)14(16)15(3)4/h5-9,11-12H,10H2,1-4H3/t11-,12+/m1/s1. The average molecular weight is 251 g/mol. The zero-order chi connectivity index (χ0) is 12.8. The summed E-state index contributed by atoms with van der Waals surface area (Å²) < 4.78 is 0. The van der Waals surface area contributed by atoms with E-state index in [1.807, 2.05) is 13.0 Å². The molecule has 0 aliphatic rings. The number of carbonyl (C=O) groups is 1. The predicted molar refractivity (Wildman–Crippen MR) is 75.5 cm³/mol. The molecule has 0 unspecified atom stereocenters. The number of hydrogen-bond donors (Lipinski definition) is 0. The van der Waals surface area contributed by atoms with Crippen LogP contribution in [0, 0.1) is 0 Å². The van der Waals surface area contributed by atoms with Crippen molar-refractivity contribution in [1.82, 2.24) is 4.90 Å². The predicted octanol–water partition coefficient (Wildman–Crippen LogP) is 3.00. The molecule has 0 aliphatic heterocycles. The molecule has 0 aliphatic carbocycles. The highest BCUT2D eigenvalue weighted by Crippen LogP contribution is 2.23. The molecule has 2 nitrogen and oxygen atoms in total. The van der Waals surface area contributed by atoms with Crippen molar-refractivity contribution < 1.29 is 4.79 Å². The van der Waals surface area contributed by atoms with E-state index < -0.39 is 0 Å². The van der Waals surface area contributed by atoms with E-state index in [0.717, 1.165) is 5.75 Å². The number of hydrogen-bond acceptors (Lipinski definition) is 2. The summed E-state index contributed by atoms with van der Waals surface area (Å²) in [5.41, 5.74) is 1.34. The second kappa shape index (κ2) is 6.70. The molecule has 0 heterocycles. The van der Waals surface area contributed by atoms with Crippen molar-refractivity contribution in [1.29, 1.82) is 0 Å². The van der Waals surface area contributed by atoms with Gasteiger partial charge in [0.1, 0.15) is 0 Å². The SMILES string of the molecule is C[C@H](SC[C@@H](C)c1ccccc1)C(=O)N(C)C. The van der Waals surface area contributed by atoms with Crippen LogP contribution in [-0.4, -0.2) is 35.9 Å². The largest absolute Gasteiger partial charge is 0.348 e. The molecule has 3 heteroatoms. The van der Waals surface area contributed by atoms with Gasteiger partial charge in [0, 0.05) is 19.8 Å². The monoisotopic (exact) mass is 251 g/mol. The zero-order valence-corrected chi connectivity index (χ0v) is 11.8. The van der Waals surface area contributed by atoms with E-state index in [1.54, 1.807) is 30.8 Å². The van der Waals surface area contributed by atoms with Crippen molar-refractivity contribution in [2.75, 3.05) is 19.8 Å². The number of rotatable bonds is 5. The first-order valence-corrected chi connectivity index (χ1v) is 6.95. The van der Waals surface area contributed by atoms with Crippen LogP contribution in [0.2, 0.25) is 0 Å². The molecule has 0 saturated carbocycles. The molecule has 1 aromatic rings. The Balaban J connectivity index is 2.44. The van der Waals surface area contributed by atoms with Gasteiger partial charge in [-0.1, -0.05) is 37.3 Å².